The average Bonchev–Trinajstić information content (AvgIpc) is 2.83. The lowest BCUT2D eigenvalue weighted by Crippen LogP contribution is -2.30. The van der Waals surface area contributed by atoms with Crippen LogP contribution in [0.5, 0.6) is 5.75 Å². The minimum atomic E-state index is -0.310. The number of phenolic OH excluding ortho intramolecular Hbond substituents is 1. The molecule has 1 atom stereocenters. The lowest BCUT2D eigenvalue weighted by molar-refractivity contribution is -0.128. The van der Waals surface area contributed by atoms with Crippen LogP contribution in [0, 0.1) is 12.8 Å². The van der Waals surface area contributed by atoms with E-state index in [0.29, 0.717) is 18.8 Å². The van der Waals surface area contributed by atoms with Gasteiger partial charge < -0.3 is 20.2 Å². The lowest BCUT2D eigenvalue weighted by atomic mass is 10.1. The molecule has 2 N–H and O–H groups in total. The molecule has 6 heteroatoms. The smallest absolute Gasteiger partial charge is 0.229 e. The molecule has 2 rings (SSSR count). The van der Waals surface area contributed by atoms with Crippen molar-refractivity contribution in [2.75, 3.05) is 39.0 Å². The maximum atomic E-state index is 12.4. The van der Waals surface area contributed by atoms with Gasteiger partial charge in [-0.3, -0.25) is 9.59 Å². The fourth-order valence-corrected chi connectivity index (χ4v) is 2.76. The number of carbonyl (C=O) groups excluding carboxylic acids is 2. The Morgan fingerprint density at radius 2 is 2.17 bits per heavy atom. The number of amides is 2. The highest BCUT2D eigenvalue weighted by molar-refractivity contribution is 5.97. The Kier molecular flexibility index (Phi) is 5.60. The van der Waals surface area contributed by atoms with E-state index in [9.17, 15) is 14.7 Å². The first-order valence-corrected chi connectivity index (χ1v) is 7.90. The number of likely N-dealkylation sites (tertiary alicyclic amines) is 1. The maximum Gasteiger partial charge on any atom is 0.229 e. The van der Waals surface area contributed by atoms with Crippen LogP contribution < -0.4 is 5.32 Å². The van der Waals surface area contributed by atoms with Gasteiger partial charge in [0.1, 0.15) is 5.75 Å². The Balaban J connectivity index is 1.89. The third-order valence-electron chi connectivity index (χ3n) is 4.09. The average molecular weight is 319 g/mol. The summed E-state index contributed by atoms with van der Waals surface area (Å²) in [4.78, 5) is 28.2. The first-order chi connectivity index (χ1) is 10.9. The van der Waals surface area contributed by atoms with Gasteiger partial charge in [-0.15, -0.1) is 0 Å². The molecule has 1 aromatic carbocycles. The molecule has 0 aliphatic carbocycles. The number of hydrogen-bond acceptors (Lipinski definition) is 4. The Labute approximate surface area is 137 Å². The van der Waals surface area contributed by atoms with E-state index in [-0.39, 0.29) is 29.9 Å². The second kappa shape index (κ2) is 7.46. The van der Waals surface area contributed by atoms with Gasteiger partial charge in [-0.2, -0.15) is 0 Å². The highest BCUT2D eigenvalue weighted by atomic mass is 16.3. The molecule has 1 fully saturated rings. The molecule has 23 heavy (non-hydrogen) atoms. The van der Waals surface area contributed by atoms with Crippen LogP contribution in [0.15, 0.2) is 18.2 Å². The van der Waals surface area contributed by atoms with Gasteiger partial charge in [0, 0.05) is 25.2 Å². The number of aryl methyl sites for hydroxylation is 1. The number of nitrogens with one attached hydrogen (secondary N) is 1. The van der Waals surface area contributed by atoms with E-state index in [1.807, 2.05) is 21.0 Å². The molecule has 0 bridgehead atoms. The summed E-state index contributed by atoms with van der Waals surface area (Å²) >= 11 is 0. The van der Waals surface area contributed by atoms with Crippen molar-refractivity contribution >= 4 is 17.5 Å². The molecule has 1 aromatic rings. The molecule has 1 aliphatic rings. The molecule has 2 amide bonds. The summed E-state index contributed by atoms with van der Waals surface area (Å²) in [5.74, 6) is -0.229. The minimum absolute atomic E-state index is 0.0475. The van der Waals surface area contributed by atoms with E-state index >= 15 is 0 Å². The summed E-state index contributed by atoms with van der Waals surface area (Å²) in [6.07, 6.45) is 1.18. The van der Waals surface area contributed by atoms with Crippen LogP contribution >= 0.6 is 0 Å². The number of benzene rings is 1. The highest BCUT2D eigenvalue weighted by Crippen LogP contribution is 2.23. The van der Waals surface area contributed by atoms with E-state index in [1.54, 1.807) is 17.0 Å². The van der Waals surface area contributed by atoms with E-state index < -0.39 is 0 Å². The van der Waals surface area contributed by atoms with Crippen LogP contribution in [0.3, 0.4) is 0 Å². The number of rotatable bonds is 6. The first kappa shape index (κ1) is 17.3. The third kappa shape index (κ3) is 4.69. The molecule has 1 aliphatic heterocycles. The summed E-state index contributed by atoms with van der Waals surface area (Å²) in [5.41, 5.74) is 1.47. The van der Waals surface area contributed by atoms with Crippen molar-refractivity contribution in [2.24, 2.45) is 5.92 Å². The van der Waals surface area contributed by atoms with Crippen molar-refractivity contribution in [3.05, 3.63) is 23.8 Å². The maximum absolute atomic E-state index is 12.4. The molecule has 0 aromatic heterocycles. The van der Waals surface area contributed by atoms with Crippen molar-refractivity contribution in [3.8, 4) is 5.75 Å². The first-order valence-electron chi connectivity index (χ1n) is 7.90. The Morgan fingerprint density at radius 1 is 1.43 bits per heavy atom. The summed E-state index contributed by atoms with van der Waals surface area (Å²) in [5, 5.41) is 12.3. The zero-order valence-corrected chi connectivity index (χ0v) is 14.0. The zero-order chi connectivity index (χ0) is 17.0. The predicted molar refractivity (Wildman–Crippen MR) is 89.3 cm³/mol. The van der Waals surface area contributed by atoms with Gasteiger partial charge >= 0.3 is 0 Å². The highest BCUT2D eigenvalue weighted by Gasteiger charge is 2.34. The number of nitrogens with zero attached hydrogens (tertiary/aromatic N) is 2. The number of carbonyl (C=O) groups is 2. The van der Waals surface area contributed by atoms with E-state index in [0.717, 1.165) is 18.5 Å². The molecular formula is C17H25N3O3. The van der Waals surface area contributed by atoms with E-state index in [1.165, 1.54) is 6.07 Å². The van der Waals surface area contributed by atoms with Gasteiger partial charge in [0.15, 0.2) is 0 Å². The fourth-order valence-electron chi connectivity index (χ4n) is 2.76. The van der Waals surface area contributed by atoms with Gasteiger partial charge in [0.25, 0.3) is 0 Å². The van der Waals surface area contributed by atoms with Crippen LogP contribution in [0.25, 0.3) is 0 Å². The minimum Gasteiger partial charge on any atom is -0.508 e. The predicted octanol–water partition coefficient (Wildman–Crippen LogP) is 1.44. The lowest BCUT2D eigenvalue weighted by Gasteiger charge is -2.18. The summed E-state index contributed by atoms with van der Waals surface area (Å²) in [6.45, 7) is 3.92. The molecule has 6 nitrogen and oxygen atoms in total. The largest absolute Gasteiger partial charge is 0.508 e. The standard InChI is InChI=1S/C17H25N3O3/c1-12-9-14(21)5-6-15(12)18-17(23)13-10-16(22)20(11-13)8-4-7-19(2)3/h5-6,9,13,21H,4,7-8,10-11H2,1-3H3,(H,18,23). The van der Waals surface area contributed by atoms with Crippen molar-refractivity contribution in [3.63, 3.8) is 0 Å². The van der Waals surface area contributed by atoms with Crippen molar-refractivity contribution in [2.45, 2.75) is 19.8 Å². The number of anilines is 1. The molecule has 1 saturated heterocycles. The Morgan fingerprint density at radius 3 is 2.83 bits per heavy atom. The monoisotopic (exact) mass is 319 g/mol. The van der Waals surface area contributed by atoms with Crippen LogP contribution in [-0.2, 0) is 9.59 Å². The van der Waals surface area contributed by atoms with Crippen LogP contribution in [-0.4, -0.2) is 60.5 Å². The quantitative estimate of drug-likeness (QED) is 0.778. The van der Waals surface area contributed by atoms with E-state index in [2.05, 4.69) is 10.2 Å². The summed E-state index contributed by atoms with van der Waals surface area (Å²) in [7, 11) is 4.00. The second-order valence-electron chi connectivity index (χ2n) is 6.39. The third-order valence-corrected chi connectivity index (χ3v) is 4.09. The van der Waals surface area contributed by atoms with Crippen LogP contribution in [0.2, 0.25) is 0 Å². The molecular weight excluding hydrogens is 294 g/mol. The number of phenols is 1. The van der Waals surface area contributed by atoms with Gasteiger partial charge in [-0.25, -0.2) is 0 Å². The van der Waals surface area contributed by atoms with Crippen molar-refractivity contribution in [1.82, 2.24) is 9.80 Å². The van der Waals surface area contributed by atoms with Crippen LogP contribution in [0.4, 0.5) is 5.69 Å². The fraction of sp³-hybridized carbons (Fsp3) is 0.529. The molecule has 0 radical (unpaired) electrons. The van der Waals surface area contributed by atoms with Gasteiger partial charge in [0.05, 0.1) is 5.92 Å². The molecule has 0 saturated carbocycles. The normalized spacial score (nSPS) is 17.8. The SMILES string of the molecule is Cc1cc(O)ccc1NC(=O)C1CC(=O)N(CCCN(C)C)C1. The number of aromatic hydroxyl groups is 1. The molecule has 1 heterocycles. The zero-order valence-electron chi connectivity index (χ0n) is 14.0. The van der Waals surface area contributed by atoms with Crippen molar-refractivity contribution in [1.29, 1.82) is 0 Å². The van der Waals surface area contributed by atoms with Gasteiger partial charge in [-0.05, 0) is 57.7 Å². The molecule has 126 valence electrons. The van der Waals surface area contributed by atoms with Gasteiger partial charge in [-0.1, -0.05) is 0 Å². The summed E-state index contributed by atoms with van der Waals surface area (Å²) in [6, 6.07) is 4.81. The second-order valence-corrected chi connectivity index (χ2v) is 6.39. The van der Waals surface area contributed by atoms with Crippen LogP contribution in [0.1, 0.15) is 18.4 Å². The molecule has 0 spiro atoms. The number of hydrogen-bond donors (Lipinski definition) is 2. The van der Waals surface area contributed by atoms with E-state index in [4.69, 9.17) is 0 Å². The topological polar surface area (TPSA) is 72.9 Å². The Hall–Kier alpha value is -2.08. The Bertz CT molecular complexity index is 586. The molecule has 1 unspecified atom stereocenters. The summed E-state index contributed by atoms with van der Waals surface area (Å²) < 4.78 is 0. The van der Waals surface area contributed by atoms with Gasteiger partial charge in [0.2, 0.25) is 11.8 Å². The van der Waals surface area contributed by atoms with Crippen molar-refractivity contribution < 1.29 is 14.7 Å².